The van der Waals surface area contributed by atoms with Gasteiger partial charge in [0.15, 0.2) is 60.2 Å². The van der Waals surface area contributed by atoms with Crippen molar-refractivity contribution in [1.82, 2.24) is 9.62 Å². The number of sulfonamides is 1. The van der Waals surface area contributed by atoms with Crippen LogP contribution in [0.3, 0.4) is 0 Å². The number of carbonyl (C=O) groups is 1. The number of carbonyl (C=O) groups excluding carboxylic acids is 1. The maximum Gasteiger partial charge on any atom is 0.210 e. The van der Waals surface area contributed by atoms with Gasteiger partial charge in [-0.05, 0) is 192 Å². The highest BCUT2D eigenvalue weighted by atomic mass is 35.5. The van der Waals surface area contributed by atoms with E-state index in [2.05, 4.69) is 5.32 Å². The molecule has 91 heavy (non-hydrogen) atoms. The average Bonchev–Trinajstić information content (AvgIpc) is 0.719. The first-order chi connectivity index (χ1) is 43.1. The minimum absolute atomic E-state index is 0.0202. The topological polar surface area (TPSA) is 162 Å². The number of ketones is 1. The molecule has 0 saturated heterocycles. The number of hydrogen-bond donors (Lipinski definition) is 1. The quantitative estimate of drug-likeness (QED) is 0.0865. The molecule has 488 valence electrons. The van der Waals surface area contributed by atoms with Gasteiger partial charge in [-0.25, -0.2) is 55.9 Å². The molecule has 9 atom stereocenters. The summed E-state index contributed by atoms with van der Waals surface area (Å²) in [6.07, 6.45) is 10.2. The maximum atomic E-state index is 15.3. The molecular weight excluding hydrogens is 1310 g/mol. The van der Waals surface area contributed by atoms with Crippen molar-refractivity contribution in [2.75, 3.05) is 53.3 Å². The molecular formula is C67H69Cl3F6N2O10S3. The van der Waals surface area contributed by atoms with E-state index in [4.69, 9.17) is 49.0 Å². The fourth-order valence-electron chi connectivity index (χ4n) is 15.3. The zero-order valence-electron chi connectivity index (χ0n) is 50.3. The number of hydrogen-bond acceptors (Lipinski definition) is 11. The summed E-state index contributed by atoms with van der Waals surface area (Å²) in [5.41, 5.74) is 0.263. The van der Waals surface area contributed by atoms with Crippen LogP contribution >= 0.6 is 34.8 Å². The number of sulfone groups is 2. The SMILES string of the molecule is CC(=O)/C=C/[C@@H]1CCC[C@@]2(Cc3ccc(Cl)cc3)c3c(F)ccc(F)c3OCC12.CN(CC1CCC[C@]2(S(=O)(=O)c3ccc(Cl)cc3)c3c(F)ccc(F)c3OCC12)S(C)(=O)=O.CNC[C@@H]1CCC[C@@]2(S(=O)(=O)c3ccc(Cl)cc3)c3c(F)ccc(F)c3OC[C@@H]12. The van der Waals surface area contributed by atoms with Gasteiger partial charge in [-0.15, -0.1) is 0 Å². The number of allylic oxidation sites excluding steroid dienone is 2. The number of benzene rings is 6. The molecule has 3 fully saturated rings. The molecule has 0 bridgehead atoms. The molecule has 0 amide bonds. The standard InChI is InChI=1S/C24H23ClF2O2.C22H24ClF2NO5S2.C21H22ClF2NO3S/c1-15(28)4-7-17-3-2-12-24(13-16-5-8-18(25)9-6-16)19(17)14-29-23-21(27)11-10-20(26)22(23)24;1-26(32(2,27)28)12-14-4-3-11-22(33(29,30)16-7-5-15(23)6-8-16)17(14)13-31-21-19(25)10-9-18(24)20(21)22;1-25-11-13-3-2-10-21(29(26,27)15-6-4-14(22)5-7-15)16(13)12-28-20-18(24)9-8-17(23)19(20)21/h4-11,17,19H,2-3,12-14H2,1H3;5-10,14,17H,3-4,11-13H2,1-2H3;4-9,13,16,25H,2-3,10-12H2,1H3/b7-4+;;/t17-,19?,24-;14?,17?,22-;13-,16-,21-/m010/s1. The second-order valence-corrected chi connectivity index (χ2v) is 32.3. The molecule has 12 rings (SSSR count). The fourth-order valence-corrected chi connectivity index (χ4v) is 21.1. The molecule has 1 N–H and O–H groups in total. The molecule has 3 heterocycles. The van der Waals surface area contributed by atoms with Crippen molar-refractivity contribution in [3.8, 4) is 17.2 Å². The first kappa shape index (κ1) is 68.2. The van der Waals surface area contributed by atoms with Crippen LogP contribution in [0.25, 0.3) is 0 Å². The summed E-state index contributed by atoms with van der Waals surface area (Å²) >= 11 is 17.9. The third-order valence-corrected chi connectivity index (χ3v) is 26.6. The number of rotatable bonds is 13. The van der Waals surface area contributed by atoms with Crippen LogP contribution in [0.5, 0.6) is 17.2 Å². The van der Waals surface area contributed by atoms with E-state index in [0.717, 1.165) is 72.1 Å². The van der Waals surface area contributed by atoms with Crippen molar-refractivity contribution in [3.05, 3.63) is 194 Å². The summed E-state index contributed by atoms with van der Waals surface area (Å²) < 4.78 is 185. The van der Waals surface area contributed by atoms with Crippen molar-refractivity contribution in [2.45, 2.75) is 95.8 Å². The minimum atomic E-state index is -4.27. The zero-order valence-corrected chi connectivity index (χ0v) is 55.0. The van der Waals surface area contributed by atoms with Crippen LogP contribution in [-0.2, 0) is 55.8 Å². The number of nitrogens with zero attached hydrogens (tertiary/aromatic N) is 1. The molecule has 6 aromatic carbocycles. The summed E-state index contributed by atoms with van der Waals surface area (Å²) in [6, 6.07) is 25.0. The Morgan fingerprint density at radius 2 is 0.956 bits per heavy atom. The highest BCUT2D eigenvalue weighted by molar-refractivity contribution is 7.92. The van der Waals surface area contributed by atoms with Crippen molar-refractivity contribution >= 4 is 70.3 Å². The van der Waals surface area contributed by atoms with Crippen molar-refractivity contribution in [3.63, 3.8) is 0 Å². The van der Waals surface area contributed by atoms with E-state index in [9.17, 15) is 43.2 Å². The lowest BCUT2D eigenvalue weighted by Gasteiger charge is -2.51. The molecule has 3 saturated carbocycles. The van der Waals surface area contributed by atoms with E-state index < -0.39 is 103 Å². The molecule has 12 nitrogen and oxygen atoms in total. The smallest absolute Gasteiger partial charge is 0.210 e. The van der Waals surface area contributed by atoms with Gasteiger partial charge >= 0.3 is 0 Å². The van der Waals surface area contributed by atoms with Crippen LogP contribution in [-0.4, -0.2) is 88.6 Å². The van der Waals surface area contributed by atoms with Crippen LogP contribution in [0.2, 0.25) is 15.1 Å². The van der Waals surface area contributed by atoms with Gasteiger partial charge in [-0.1, -0.05) is 72.3 Å². The van der Waals surface area contributed by atoms with E-state index in [-0.39, 0.29) is 88.6 Å². The van der Waals surface area contributed by atoms with Crippen LogP contribution in [0, 0.1) is 70.4 Å². The first-order valence-electron chi connectivity index (χ1n) is 30.0. The monoisotopic (exact) mass is 1380 g/mol. The Kier molecular flexibility index (Phi) is 20.2. The third-order valence-electron chi connectivity index (χ3n) is 19.5. The van der Waals surface area contributed by atoms with Gasteiger partial charge in [-0.3, -0.25) is 4.79 Å². The maximum absolute atomic E-state index is 15.3. The van der Waals surface area contributed by atoms with Crippen LogP contribution < -0.4 is 19.5 Å². The van der Waals surface area contributed by atoms with Gasteiger partial charge in [0.2, 0.25) is 10.0 Å². The van der Waals surface area contributed by atoms with Crippen LogP contribution in [0.1, 0.15) is 87.0 Å². The Labute approximate surface area is 542 Å². The largest absolute Gasteiger partial charge is 0.490 e. The van der Waals surface area contributed by atoms with Crippen molar-refractivity contribution in [2.24, 2.45) is 35.5 Å². The Hall–Kier alpha value is -5.65. The molecule has 3 aliphatic carbocycles. The average molecular weight is 1380 g/mol. The van der Waals surface area contributed by atoms with Gasteiger partial charge in [0.05, 0.1) is 47.0 Å². The number of ether oxygens (including phenoxy) is 3. The predicted molar refractivity (Wildman–Crippen MR) is 337 cm³/mol. The Morgan fingerprint density at radius 1 is 0.560 bits per heavy atom. The van der Waals surface area contributed by atoms with E-state index >= 15 is 13.2 Å². The number of fused-ring (bicyclic) bond motifs is 9. The van der Waals surface area contributed by atoms with E-state index in [1.54, 1.807) is 13.1 Å². The molecule has 3 aliphatic heterocycles. The van der Waals surface area contributed by atoms with Crippen molar-refractivity contribution < 1.29 is 70.6 Å². The predicted octanol–water partition coefficient (Wildman–Crippen LogP) is 14.4. The lowest BCUT2D eigenvalue weighted by atomic mass is 9.55. The Balaban J connectivity index is 0.000000150. The fraction of sp³-hybridized carbons (Fsp3) is 0.418. The molecule has 0 aromatic heterocycles. The normalized spacial score (nSPS) is 25.8. The van der Waals surface area contributed by atoms with Gasteiger partial charge in [0.25, 0.3) is 0 Å². The van der Waals surface area contributed by atoms with Crippen LogP contribution in [0.4, 0.5) is 26.3 Å². The van der Waals surface area contributed by atoms with E-state index in [1.165, 1.54) is 68.6 Å². The van der Waals surface area contributed by atoms with Crippen molar-refractivity contribution in [1.29, 1.82) is 0 Å². The van der Waals surface area contributed by atoms with Gasteiger partial charge in [0, 0.05) is 57.4 Å². The first-order valence-corrected chi connectivity index (χ1v) is 35.9. The molecule has 3 unspecified atom stereocenters. The molecule has 0 spiro atoms. The summed E-state index contributed by atoms with van der Waals surface area (Å²) in [4.78, 5) is 11.5. The minimum Gasteiger partial charge on any atom is -0.490 e. The Morgan fingerprint density at radius 3 is 1.41 bits per heavy atom. The Bertz CT molecular complexity index is 4100. The lowest BCUT2D eigenvalue weighted by Crippen LogP contribution is -2.55. The number of halogens is 9. The molecule has 24 heteroatoms. The summed E-state index contributed by atoms with van der Waals surface area (Å²) in [5.74, 6) is -6.64. The van der Waals surface area contributed by atoms with E-state index in [1.807, 2.05) is 30.3 Å². The summed E-state index contributed by atoms with van der Waals surface area (Å²) in [6.45, 7) is 2.26. The molecule has 6 aromatic rings. The molecule has 6 aliphatic rings. The highest BCUT2D eigenvalue weighted by Crippen LogP contribution is 2.61. The second kappa shape index (κ2) is 27.0. The zero-order chi connectivity index (χ0) is 65.6. The second-order valence-electron chi connectivity index (χ2n) is 24.5. The summed E-state index contributed by atoms with van der Waals surface area (Å²) in [7, 11) is -8.67. The van der Waals surface area contributed by atoms with Gasteiger partial charge in [-0.2, -0.15) is 0 Å². The lowest BCUT2D eigenvalue weighted by molar-refractivity contribution is -0.112. The third kappa shape index (κ3) is 12.7. The van der Waals surface area contributed by atoms with Gasteiger partial charge in [0.1, 0.15) is 26.9 Å². The molecule has 0 radical (unpaired) electrons. The van der Waals surface area contributed by atoms with E-state index in [0.29, 0.717) is 59.5 Å². The van der Waals surface area contributed by atoms with Crippen LogP contribution in [0.15, 0.2) is 131 Å². The highest BCUT2D eigenvalue weighted by Gasteiger charge is 2.63. The number of nitrogens with one attached hydrogen (secondary N) is 1. The van der Waals surface area contributed by atoms with Gasteiger partial charge < -0.3 is 19.5 Å². The summed E-state index contributed by atoms with van der Waals surface area (Å²) in [5, 5.41) is 4.48.